The molecular weight excluding hydrogens is 212 g/mol. The number of hydrogen-bond acceptors (Lipinski definition) is 4. The quantitative estimate of drug-likeness (QED) is 0.566. The van der Waals surface area contributed by atoms with Crippen LogP contribution < -0.4 is 10.8 Å². The summed E-state index contributed by atoms with van der Waals surface area (Å²) >= 11 is 0. The second kappa shape index (κ2) is 7.92. The van der Waals surface area contributed by atoms with Gasteiger partial charge in [-0.05, 0) is 20.8 Å². The van der Waals surface area contributed by atoms with E-state index in [2.05, 4.69) is 10.8 Å². The van der Waals surface area contributed by atoms with Crippen molar-refractivity contribution in [2.75, 3.05) is 13.2 Å². The van der Waals surface area contributed by atoms with Crippen LogP contribution >= 0.6 is 0 Å². The third kappa shape index (κ3) is 12.7. The van der Waals surface area contributed by atoms with E-state index < -0.39 is 11.7 Å². The lowest BCUT2D eigenvalue weighted by molar-refractivity contribution is -0.119. The first-order chi connectivity index (χ1) is 6.81. The zero-order valence-electron chi connectivity index (χ0n) is 9.55. The Balaban J connectivity index is 0. The van der Waals surface area contributed by atoms with Gasteiger partial charge in [-0.1, -0.05) is 7.43 Å². The molecule has 0 radical (unpaired) electrons. The number of ether oxygens (including phenoxy) is 1. The molecule has 2 N–H and O–H groups in total. The molecule has 0 aromatic carbocycles. The Bertz CT molecular complexity index is 223. The highest BCUT2D eigenvalue weighted by atomic mass is 16.7. The van der Waals surface area contributed by atoms with E-state index in [1.807, 2.05) is 0 Å². The first-order valence-electron chi connectivity index (χ1n) is 4.66. The number of carbonyl (C=O) groups is 2. The summed E-state index contributed by atoms with van der Waals surface area (Å²) in [7, 11) is 0. The van der Waals surface area contributed by atoms with Crippen molar-refractivity contribution < 1.29 is 19.2 Å². The molecule has 0 saturated carbocycles. The van der Waals surface area contributed by atoms with Crippen LogP contribution in [0.3, 0.4) is 0 Å². The smallest absolute Gasteiger partial charge is 0.431 e. The minimum Gasteiger partial charge on any atom is -0.442 e. The van der Waals surface area contributed by atoms with Crippen LogP contribution in [0.15, 0.2) is 0 Å². The van der Waals surface area contributed by atoms with Crippen LogP contribution in [0.25, 0.3) is 0 Å². The summed E-state index contributed by atoms with van der Waals surface area (Å²) < 4.78 is 4.90. The Hall–Kier alpha value is -1.30. The minimum absolute atomic E-state index is 0. The topological polar surface area (TPSA) is 76.7 Å². The molecule has 6 heteroatoms. The minimum atomic E-state index is -0.648. The van der Waals surface area contributed by atoms with Gasteiger partial charge in [0.2, 0.25) is 5.91 Å². The molecule has 0 bridgehead atoms. The summed E-state index contributed by atoms with van der Waals surface area (Å²) in [5.74, 6) is -0.143. The standard InChI is InChI=1S/C9H18N2O4.CH4/c1-7(12)10-5-6-14-11-8(13)15-9(2,3)4;/h5-6H2,1-4H3,(H,10,12)(H,11,13);1H4. The molecule has 0 heterocycles. The van der Waals surface area contributed by atoms with Crippen molar-refractivity contribution in [2.24, 2.45) is 0 Å². The number of hydroxylamine groups is 1. The molecule has 0 spiro atoms. The van der Waals surface area contributed by atoms with Gasteiger partial charge in [0.25, 0.3) is 0 Å². The summed E-state index contributed by atoms with van der Waals surface area (Å²) in [6, 6.07) is 0. The molecule has 0 aromatic heterocycles. The zero-order chi connectivity index (χ0) is 11.9. The summed E-state index contributed by atoms with van der Waals surface area (Å²) in [5, 5.41) is 2.51. The number of hydrogen-bond donors (Lipinski definition) is 2. The van der Waals surface area contributed by atoms with Crippen LogP contribution in [0.2, 0.25) is 0 Å². The highest BCUT2D eigenvalue weighted by Gasteiger charge is 2.15. The molecule has 0 aliphatic rings. The van der Waals surface area contributed by atoms with Gasteiger partial charge in [0.1, 0.15) is 5.60 Å². The Morgan fingerprint density at radius 2 is 1.81 bits per heavy atom. The van der Waals surface area contributed by atoms with Gasteiger partial charge in [-0.15, -0.1) is 0 Å². The first-order valence-corrected chi connectivity index (χ1v) is 4.66. The van der Waals surface area contributed by atoms with E-state index in [1.165, 1.54) is 6.92 Å². The lowest BCUT2D eigenvalue weighted by atomic mass is 10.2. The van der Waals surface area contributed by atoms with Gasteiger partial charge >= 0.3 is 6.09 Å². The van der Waals surface area contributed by atoms with Crippen molar-refractivity contribution in [3.8, 4) is 0 Å². The van der Waals surface area contributed by atoms with Gasteiger partial charge in [0.05, 0.1) is 6.61 Å². The van der Waals surface area contributed by atoms with Crippen LogP contribution in [-0.2, 0) is 14.4 Å². The van der Waals surface area contributed by atoms with Crippen molar-refractivity contribution in [1.82, 2.24) is 10.8 Å². The second-order valence-electron chi connectivity index (χ2n) is 3.94. The van der Waals surface area contributed by atoms with E-state index >= 15 is 0 Å². The molecule has 0 fully saturated rings. The van der Waals surface area contributed by atoms with Crippen LogP contribution in [0, 0.1) is 0 Å². The van der Waals surface area contributed by atoms with Gasteiger partial charge in [-0.3, -0.25) is 9.63 Å². The summed E-state index contributed by atoms with van der Waals surface area (Å²) in [4.78, 5) is 26.2. The molecule has 16 heavy (non-hydrogen) atoms. The fraction of sp³-hybridized carbons (Fsp3) is 0.800. The summed E-state index contributed by atoms with van der Waals surface area (Å²) in [5.41, 5.74) is 1.55. The molecule has 0 aliphatic heterocycles. The lowest BCUT2D eigenvalue weighted by Gasteiger charge is -2.19. The van der Waals surface area contributed by atoms with Crippen LogP contribution in [0.4, 0.5) is 4.79 Å². The molecule has 0 saturated heterocycles. The van der Waals surface area contributed by atoms with E-state index in [0.717, 1.165) is 0 Å². The predicted molar refractivity (Wildman–Crippen MR) is 60.7 cm³/mol. The van der Waals surface area contributed by atoms with E-state index in [4.69, 9.17) is 9.57 Å². The van der Waals surface area contributed by atoms with Crippen molar-refractivity contribution in [1.29, 1.82) is 0 Å². The number of nitrogens with one attached hydrogen (secondary N) is 2. The maximum atomic E-state index is 11.0. The molecule has 0 atom stereocenters. The van der Waals surface area contributed by atoms with Gasteiger partial charge in [-0.2, -0.15) is 5.48 Å². The number of carbonyl (C=O) groups excluding carboxylic acids is 2. The van der Waals surface area contributed by atoms with Crippen molar-refractivity contribution in [3.63, 3.8) is 0 Å². The Morgan fingerprint density at radius 3 is 2.25 bits per heavy atom. The zero-order valence-corrected chi connectivity index (χ0v) is 9.55. The Morgan fingerprint density at radius 1 is 1.25 bits per heavy atom. The fourth-order valence-electron chi connectivity index (χ4n) is 0.687. The first kappa shape index (κ1) is 17.1. The summed E-state index contributed by atoms with van der Waals surface area (Å²) in [6.07, 6.45) is -0.648. The molecule has 0 aliphatic carbocycles. The molecular formula is C10H22N2O4. The molecule has 0 aromatic rings. The van der Waals surface area contributed by atoms with E-state index in [1.54, 1.807) is 20.8 Å². The Kier molecular flexibility index (Phi) is 8.47. The number of rotatable bonds is 4. The molecule has 6 nitrogen and oxygen atoms in total. The molecule has 0 unspecified atom stereocenters. The van der Waals surface area contributed by atoms with Crippen molar-refractivity contribution in [3.05, 3.63) is 0 Å². The Labute approximate surface area is 96.6 Å². The average Bonchev–Trinajstić information content (AvgIpc) is 1.99. The average molecular weight is 234 g/mol. The third-order valence-corrected chi connectivity index (χ3v) is 1.13. The largest absolute Gasteiger partial charge is 0.442 e. The maximum absolute atomic E-state index is 11.0. The van der Waals surface area contributed by atoms with E-state index in [9.17, 15) is 9.59 Å². The van der Waals surface area contributed by atoms with Crippen molar-refractivity contribution in [2.45, 2.75) is 40.7 Å². The molecule has 96 valence electrons. The number of amides is 2. The highest BCUT2D eigenvalue weighted by molar-refractivity contribution is 5.72. The second-order valence-corrected chi connectivity index (χ2v) is 3.94. The van der Waals surface area contributed by atoms with Crippen molar-refractivity contribution >= 4 is 12.0 Å². The van der Waals surface area contributed by atoms with E-state index in [-0.39, 0.29) is 19.9 Å². The molecule has 2 amide bonds. The van der Waals surface area contributed by atoms with Gasteiger partial charge in [0, 0.05) is 13.5 Å². The summed E-state index contributed by atoms with van der Waals surface area (Å²) in [6.45, 7) is 7.20. The van der Waals surface area contributed by atoms with Crippen LogP contribution in [-0.4, -0.2) is 30.8 Å². The monoisotopic (exact) mass is 234 g/mol. The predicted octanol–water partition coefficient (Wildman–Crippen LogP) is 1.21. The maximum Gasteiger partial charge on any atom is 0.431 e. The SMILES string of the molecule is C.CC(=O)NCCONC(=O)OC(C)(C)C. The van der Waals surface area contributed by atoms with Gasteiger partial charge in [-0.25, -0.2) is 4.79 Å². The normalized spacial score (nSPS) is 10.0. The lowest BCUT2D eigenvalue weighted by Crippen LogP contribution is -2.34. The molecule has 0 rings (SSSR count). The van der Waals surface area contributed by atoms with Gasteiger partial charge < -0.3 is 10.1 Å². The fourth-order valence-corrected chi connectivity index (χ4v) is 0.687. The third-order valence-electron chi connectivity index (χ3n) is 1.13. The van der Waals surface area contributed by atoms with Crippen LogP contribution in [0.5, 0.6) is 0 Å². The van der Waals surface area contributed by atoms with E-state index in [0.29, 0.717) is 6.54 Å². The van der Waals surface area contributed by atoms with Gasteiger partial charge in [0.15, 0.2) is 0 Å². The van der Waals surface area contributed by atoms with Crippen LogP contribution in [0.1, 0.15) is 35.1 Å². The highest BCUT2D eigenvalue weighted by Crippen LogP contribution is 2.05.